The molecule has 0 amide bonds. The van der Waals surface area contributed by atoms with Crippen LogP contribution in [0.5, 0.6) is 0 Å². The molecular weight excluding hydrogens is 150 g/mol. The topological polar surface area (TPSA) is 28.2 Å². The molecule has 1 fully saturated rings. The van der Waals surface area contributed by atoms with Crippen molar-refractivity contribution in [3.05, 3.63) is 24.0 Å². The third kappa shape index (κ3) is 1.41. The van der Waals surface area contributed by atoms with Gasteiger partial charge in [0.25, 0.3) is 0 Å². The van der Waals surface area contributed by atoms with Crippen LogP contribution in [-0.4, -0.2) is 24.7 Å². The highest BCUT2D eigenvalue weighted by Crippen LogP contribution is 2.12. The molecule has 12 heavy (non-hydrogen) atoms. The highest BCUT2D eigenvalue weighted by Gasteiger charge is 2.10. The second-order valence-corrected chi connectivity index (χ2v) is 3.08. The predicted octanol–water partition coefficient (Wildman–Crippen LogP) is 0.757. The molecule has 0 bridgehead atoms. The Morgan fingerprint density at radius 2 is 2.42 bits per heavy atom. The first-order valence-corrected chi connectivity index (χ1v) is 4.24. The van der Waals surface area contributed by atoms with Crippen molar-refractivity contribution >= 4 is 5.69 Å². The van der Waals surface area contributed by atoms with Crippen LogP contribution in [0.25, 0.3) is 0 Å². The standard InChI is InChI=1S/C9H13N3/c1-8-2-3-9(6-11-8)12-5-4-10-7-12/h2-3,6,10H,4-5,7H2,1H3. The van der Waals surface area contributed by atoms with Gasteiger partial charge in [-0.3, -0.25) is 10.3 Å². The maximum Gasteiger partial charge on any atom is 0.0683 e. The van der Waals surface area contributed by atoms with Crippen molar-refractivity contribution in [3.63, 3.8) is 0 Å². The van der Waals surface area contributed by atoms with Crippen molar-refractivity contribution in [2.45, 2.75) is 6.92 Å². The summed E-state index contributed by atoms with van der Waals surface area (Å²) in [7, 11) is 0. The van der Waals surface area contributed by atoms with E-state index in [-0.39, 0.29) is 0 Å². The monoisotopic (exact) mass is 163 g/mol. The van der Waals surface area contributed by atoms with Crippen LogP contribution in [0.15, 0.2) is 18.3 Å². The van der Waals surface area contributed by atoms with Gasteiger partial charge in [0.2, 0.25) is 0 Å². The minimum atomic E-state index is 0.949. The number of hydrogen-bond donors (Lipinski definition) is 1. The minimum absolute atomic E-state index is 0.949. The van der Waals surface area contributed by atoms with E-state index < -0.39 is 0 Å². The lowest BCUT2D eigenvalue weighted by Crippen LogP contribution is -2.20. The van der Waals surface area contributed by atoms with Gasteiger partial charge >= 0.3 is 0 Å². The van der Waals surface area contributed by atoms with Crippen molar-refractivity contribution in [1.29, 1.82) is 0 Å². The number of rotatable bonds is 1. The molecule has 1 saturated heterocycles. The number of aromatic nitrogens is 1. The molecule has 3 heteroatoms. The van der Waals surface area contributed by atoms with Crippen LogP contribution in [0.2, 0.25) is 0 Å². The van der Waals surface area contributed by atoms with E-state index in [0.29, 0.717) is 0 Å². The van der Waals surface area contributed by atoms with Gasteiger partial charge in [-0.1, -0.05) is 0 Å². The first kappa shape index (κ1) is 7.55. The maximum absolute atomic E-state index is 4.25. The smallest absolute Gasteiger partial charge is 0.0683 e. The molecule has 3 nitrogen and oxygen atoms in total. The zero-order chi connectivity index (χ0) is 8.39. The fraction of sp³-hybridized carbons (Fsp3) is 0.444. The molecule has 1 aliphatic rings. The molecule has 0 unspecified atom stereocenters. The minimum Gasteiger partial charge on any atom is -0.356 e. The van der Waals surface area contributed by atoms with Gasteiger partial charge in [-0.2, -0.15) is 0 Å². The molecule has 2 rings (SSSR count). The fourth-order valence-corrected chi connectivity index (χ4v) is 1.37. The Morgan fingerprint density at radius 1 is 1.50 bits per heavy atom. The van der Waals surface area contributed by atoms with E-state index in [9.17, 15) is 0 Å². The van der Waals surface area contributed by atoms with E-state index in [1.807, 2.05) is 19.2 Å². The number of nitrogens with zero attached hydrogens (tertiary/aromatic N) is 2. The predicted molar refractivity (Wildman–Crippen MR) is 49.2 cm³/mol. The molecule has 0 radical (unpaired) electrons. The van der Waals surface area contributed by atoms with Gasteiger partial charge < -0.3 is 4.90 Å². The molecule has 0 saturated carbocycles. The van der Waals surface area contributed by atoms with Gasteiger partial charge in [-0.25, -0.2) is 0 Å². The summed E-state index contributed by atoms with van der Waals surface area (Å²) >= 11 is 0. The Bertz CT molecular complexity index is 249. The molecule has 1 N–H and O–H groups in total. The van der Waals surface area contributed by atoms with Crippen LogP contribution in [-0.2, 0) is 0 Å². The number of nitrogens with one attached hydrogen (secondary N) is 1. The Balaban J connectivity index is 2.17. The fourth-order valence-electron chi connectivity index (χ4n) is 1.37. The first-order chi connectivity index (χ1) is 5.86. The molecule has 2 heterocycles. The number of anilines is 1. The van der Waals surface area contributed by atoms with E-state index in [4.69, 9.17) is 0 Å². The third-order valence-corrected chi connectivity index (χ3v) is 2.12. The molecular formula is C9H13N3. The highest BCUT2D eigenvalue weighted by atomic mass is 15.3. The average molecular weight is 163 g/mol. The van der Waals surface area contributed by atoms with Crippen molar-refractivity contribution in [2.24, 2.45) is 0 Å². The Kier molecular flexibility index (Phi) is 1.96. The van der Waals surface area contributed by atoms with Crippen LogP contribution >= 0.6 is 0 Å². The lowest BCUT2D eigenvalue weighted by Gasteiger charge is -2.15. The van der Waals surface area contributed by atoms with Gasteiger partial charge in [0.05, 0.1) is 18.6 Å². The van der Waals surface area contributed by atoms with Crippen molar-refractivity contribution < 1.29 is 0 Å². The number of aryl methyl sites for hydroxylation is 1. The number of hydrogen-bond acceptors (Lipinski definition) is 3. The van der Waals surface area contributed by atoms with Gasteiger partial charge in [0.1, 0.15) is 0 Å². The van der Waals surface area contributed by atoms with E-state index >= 15 is 0 Å². The summed E-state index contributed by atoms with van der Waals surface area (Å²) in [4.78, 5) is 6.54. The van der Waals surface area contributed by atoms with Crippen molar-refractivity contribution in [1.82, 2.24) is 10.3 Å². The summed E-state index contributed by atoms with van der Waals surface area (Å²) in [5.74, 6) is 0. The van der Waals surface area contributed by atoms with E-state index in [1.54, 1.807) is 0 Å². The summed E-state index contributed by atoms with van der Waals surface area (Å²) in [6.45, 7) is 5.12. The van der Waals surface area contributed by atoms with Crippen molar-refractivity contribution in [2.75, 3.05) is 24.7 Å². The van der Waals surface area contributed by atoms with E-state index in [0.717, 1.165) is 25.5 Å². The largest absolute Gasteiger partial charge is 0.356 e. The molecule has 1 aliphatic heterocycles. The zero-order valence-corrected chi connectivity index (χ0v) is 7.25. The van der Waals surface area contributed by atoms with Crippen LogP contribution in [0.3, 0.4) is 0 Å². The maximum atomic E-state index is 4.25. The SMILES string of the molecule is Cc1ccc(N2CCNC2)cn1. The second-order valence-electron chi connectivity index (χ2n) is 3.08. The first-order valence-electron chi connectivity index (χ1n) is 4.24. The summed E-state index contributed by atoms with van der Waals surface area (Å²) in [6, 6.07) is 4.17. The molecule has 64 valence electrons. The van der Waals surface area contributed by atoms with E-state index in [1.165, 1.54) is 5.69 Å². The van der Waals surface area contributed by atoms with Gasteiger partial charge in [0, 0.05) is 18.8 Å². The third-order valence-electron chi connectivity index (χ3n) is 2.12. The molecule has 1 aromatic rings. The van der Waals surface area contributed by atoms with Crippen LogP contribution in [0.1, 0.15) is 5.69 Å². The molecule has 0 atom stereocenters. The normalized spacial score (nSPS) is 16.9. The summed E-state index contributed by atoms with van der Waals surface area (Å²) in [5.41, 5.74) is 2.29. The summed E-state index contributed by atoms with van der Waals surface area (Å²) in [6.07, 6.45) is 1.93. The number of pyridine rings is 1. The Morgan fingerprint density at radius 3 is 3.00 bits per heavy atom. The van der Waals surface area contributed by atoms with Crippen LogP contribution in [0, 0.1) is 6.92 Å². The van der Waals surface area contributed by atoms with Crippen LogP contribution < -0.4 is 10.2 Å². The quantitative estimate of drug-likeness (QED) is 0.662. The summed E-state index contributed by atoms with van der Waals surface area (Å²) in [5, 5.41) is 3.28. The van der Waals surface area contributed by atoms with Crippen molar-refractivity contribution in [3.8, 4) is 0 Å². The molecule has 0 aromatic carbocycles. The van der Waals surface area contributed by atoms with Gasteiger partial charge in [-0.15, -0.1) is 0 Å². The van der Waals surface area contributed by atoms with E-state index in [2.05, 4.69) is 21.3 Å². The Hall–Kier alpha value is -1.09. The molecule has 1 aromatic heterocycles. The second kappa shape index (κ2) is 3.11. The highest BCUT2D eigenvalue weighted by molar-refractivity contribution is 5.45. The van der Waals surface area contributed by atoms with Gasteiger partial charge in [0.15, 0.2) is 0 Å². The Labute approximate surface area is 72.4 Å². The van der Waals surface area contributed by atoms with Crippen LogP contribution in [0.4, 0.5) is 5.69 Å². The molecule has 0 spiro atoms. The summed E-state index contributed by atoms with van der Waals surface area (Å²) < 4.78 is 0. The lowest BCUT2D eigenvalue weighted by molar-refractivity contribution is 0.854. The van der Waals surface area contributed by atoms with Gasteiger partial charge in [-0.05, 0) is 19.1 Å². The average Bonchev–Trinajstić information content (AvgIpc) is 2.58. The lowest BCUT2D eigenvalue weighted by atomic mass is 10.3. The molecule has 0 aliphatic carbocycles. The zero-order valence-electron chi connectivity index (χ0n) is 7.25.